The zero-order valence-corrected chi connectivity index (χ0v) is 14.6. The first-order chi connectivity index (χ1) is 12.2. The minimum atomic E-state index is -0.135. The van der Waals surface area contributed by atoms with Crippen molar-refractivity contribution in [3.63, 3.8) is 0 Å². The molecule has 3 aliphatic heterocycles. The first kappa shape index (κ1) is 16.6. The SMILES string of the molecule is O=C1NC2(CCN(C(=O)C3CCOCC3)CC2)CC1c1ccccc1. The lowest BCUT2D eigenvalue weighted by Gasteiger charge is -2.40. The van der Waals surface area contributed by atoms with Gasteiger partial charge in [-0.1, -0.05) is 30.3 Å². The van der Waals surface area contributed by atoms with E-state index < -0.39 is 0 Å². The average molecular weight is 342 g/mol. The number of ether oxygens (including phenoxy) is 1. The van der Waals surface area contributed by atoms with Crippen molar-refractivity contribution in [3.05, 3.63) is 35.9 Å². The predicted octanol–water partition coefficient (Wildman–Crippen LogP) is 2.08. The third-order valence-corrected chi connectivity index (χ3v) is 6.10. The topological polar surface area (TPSA) is 58.6 Å². The summed E-state index contributed by atoms with van der Waals surface area (Å²) in [6.07, 6.45) is 4.24. The van der Waals surface area contributed by atoms with Gasteiger partial charge in [-0.3, -0.25) is 9.59 Å². The second-order valence-corrected chi connectivity index (χ2v) is 7.65. The summed E-state index contributed by atoms with van der Waals surface area (Å²) in [4.78, 5) is 27.2. The van der Waals surface area contributed by atoms with Gasteiger partial charge < -0.3 is 15.0 Å². The van der Waals surface area contributed by atoms with E-state index >= 15 is 0 Å². The number of nitrogens with zero attached hydrogens (tertiary/aromatic N) is 1. The van der Waals surface area contributed by atoms with Gasteiger partial charge in [-0.25, -0.2) is 0 Å². The third-order valence-electron chi connectivity index (χ3n) is 6.10. The molecule has 2 amide bonds. The summed E-state index contributed by atoms with van der Waals surface area (Å²) in [6.45, 7) is 2.89. The van der Waals surface area contributed by atoms with Crippen LogP contribution in [0.5, 0.6) is 0 Å². The molecule has 3 heterocycles. The number of rotatable bonds is 2. The number of hydrogen-bond acceptors (Lipinski definition) is 3. The summed E-state index contributed by atoms with van der Waals surface area (Å²) < 4.78 is 5.36. The molecule has 134 valence electrons. The number of hydrogen-bond donors (Lipinski definition) is 1. The number of amides is 2. The van der Waals surface area contributed by atoms with Crippen molar-refractivity contribution < 1.29 is 14.3 Å². The van der Waals surface area contributed by atoms with E-state index in [1.807, 2.05) is 35.2 Å². The van der Waals surface area contributed by atoms with Crippen molar-refractivity contribution in [1.82, 2.24) is 10.2 Å². The van der Waals surface area contributed by atoms with Crippen LogP contribution in [0.25, 0.3) is 0 Å². The molecular weight excluding hydrogens is 316 g/mol. The molecule has 1 atom stereocenters. The minimum absolute atomic E-state index is 0.0565. The van der Waals surface area contributed by atoms with Gasteiger partial charge in [0.05, 0.1) is 5.92 Å². The highest BCUT2D eigenvalue weighted by Gasteiger charge is 2.47. The fourth-order valence-corrected chi connectivity index (χ4v) is 4.52. The van der Waals surface area contributed by atoms with Crippen LogP contribution in [-0.4, -0.2) is 48.6 Å². The van der Waals surface area contributed by atoms with Crippen LogP contribution in [0.3, 0.4) is 0 Å². The number of benzene rings is 1. The van der Waals surface area contributed by atoms with Gasteiger partial charge in [-0.15, -0.1) is 0 Å². The van der Waals surface area contributed by atoms with Gasteiger partial charge in [0, 0.05) is 37.8 Å². The van der Waals surface area contributed by atoms with E-state index in [1.54, 1.807) is 0 Å². The number of nitrogens with one attached hydrogen (secondary N) is 1. The quantitative estimate of drug-likeness (QED) is 0.895. The Morgan fingerprint density at radius 3 is 2.48 bits per heavy atom. The largest absolute Gasteiger partial charge is 0.381 e. The minimum Gasteiger partial charge on any atom is -0.381 e. The van der Waals surface area contributed by atoms with Gasteiger partial charge >= 0.3 is 0 Å². The van der Waals surface area contributed by atoms with Gasteiger partial charge in [-0.05, 0) is 37.7 Å². The summed E-state index contributed by atoms with van der Waals surface area (Å²) >= 11 is 0. The van der Waals surface area contributed by atoms with Gasteiger partial charge in [-0.2, -0.15) is 0 Å². The Bertz CT molecular complexity index is 632. The molecule has 3 fully saturated rings. The third kappa shape index (κ3) is 3.30. The predicted molar refractivity (Wildman–Crippen MR) is 94.0 cm³/mol. The smallest absolute Gasteiger partial charge is 0.228 e. The van der Waals surface area contributed by atoms with Crippen LogP contribution >= 0.6 is 0 Å². The zero-order chi connectivity index (χ0) is 17.3. The fraction of sp³-hybridized carbons (Fsp3) is 0.600. The summed E-state index contributed by atoms with van der Waals surface area (Å²) in [5.74, 6) is 0.481. The van der Waals surface area contributed by atoms with Crippen molar-refractivity contribution in [2.45, 2.75) is 43.6 Å². The molecule has 3 aliphatic rings. The van der Waals surface area contributed by atoms with Crippen molar-refractivity contribution in [2.75, 3.05) is 26.3 Å². The zero-order valence-electron chi connectivity index (χ0n) is 14.6. The lowest BCUT2D eigenvalue weighted by molar-refractivity contribution is -0.140. The maximum absolute atomic E-state index is 12.7. The number of piperidine rings is 1. The lowest BCUT2D eigenvalue weighted by Crippen LogP contribution is -2.53. The molecule has 1 aromatic rings. The first-order valence-electron chi connectivity index (χ1n) is 9.40. The molecule has 1 N–H and O–H groups in total. The van der Waals surface area contributed by atoms with Crippen molar-refractivity contribution in [3.8, 4) is 0 Å². The average Bonchev–Trinajstić information content (AvgIpc) is 2.99. The first-order valence-corrected chi connectivity index (χ1v) is 9.40. The number of carbonyl (C=O) groups is 2. The summed E-state index contributed by atoms with van der Waals surface area (Å²) in [5.41, 5.74) is 0.960. The summed E-state index contributed by atoms with van der Waals surface area (Å²) in [7, 11) is 0. The van der Waals surface area contributed by atoms with E-state index in [1.165, 1.54) is 0 Å². The Labute approximate surface area is 148 Å². The van der Waals surface area contributed by atoms with Crippen molar-refractivity contribution in [2.24, 2.45) is 5.92 Å². The molecule has 1 unspecified atom stereocenters. The van der Waals surface area contributed by atoms with Crippen molar-refractivity contribution >= 4 is 11.8 Å². The van der Waals surface area contributed by atoms with Crippen molar-refractivity contribution in [1.29, 1.82) is 0 Å². The van der Waals surface area contributed by atoms with Crippen LogP contribution in [0.4, 0.5) is 0 Å². The van der Waals surface area contributed by atoms with Crippen LogP contribution < -0.4 is 5.32 Å². The molecule has 0 aliphatic carbocycles. The molecule has 0 aromatic heterocycles. The highest BCUT2D eigenvalue weighted by Crippen LogP contribution is 2.39. The highest BCUT2D eigenvalue weighted by atomic mass is 16.5. The highest BCUT2D eigenvalue weighted by molar-refractivity contribution is 5.87. The molecule has 25 heavy (non-hydrogen) atoms. The lowest BCUT2D eigenvalue weighted by atomic mass is 9.81. The Morgan fingerprint density at radius 2 is 1.80 bits per heavy atom. The van der Waals surface area contributed by atoms with E-state index in [2.05, 4.69) is 5.32 Å². The second kappa shape index (κ2) is 6.79. The monoisotopic (exact) mass is 342 g/mol. The molecule has 0 saturated carbocycles. The van der Waals surface area contributed by atoms with Crippen LogP contribution in [0.2, 0.25) is 0 Å². The molecule has 1 spiro atoms. The molecule has 4 rings (SSSR count). The molecular formula is C20H26N2O3. The number of carbonyl (C=O) groups excluding carboxylic acids is 2. The van der Waals surface area contributed by atoms with Gasteiger partial charge in [0.2, 0.25) is 11.8 Å². The van der Waals surface area contributed by atoms with Crippen LogP contribution in [0.1, 0.15) is 43.6 Å². The van der Waals surface area contributed by atoms with Gasteiger partial charge in [0.15, 0.2) is 0 Å². The van der Waals surface area contributed by atoms with Crippen LogP contribution in [0.15, 0.2) is 30.3 Å². The normalized spacial score (nSPS) is 26.6. The van der Waals surface area contributed by atoms with Crippen LogP contribution in [-0.2, 0) is 14.3 Å². The standard InChI is InChI=1S/C20H26N2O3/c23-18-17(15-4-2-1-3-5-15)14-20(21-18)8-10-22(11-9-20)19(24)16-6-12-25-13-7-16/h1-5,16-17H,6-14H2,(H,21,23). The Kier molecular flexibility index (Phi) is 4.50. The molecule has 1 aromatic carbocycles. The Balaban J connectivity index is 1.38. The Morgan fingerprint density at radius 1 is 1.12 bits per heavy atom. The van der Waals surface area contributed by atoms with E-state index in [4.69, 9.17) is 4.74 Å². The number of likely N-dealkylation sites (tertiary alicyclic amines) is 1. The molecule has 3 saturated heterocycles. The molecule has 5 nitrogen and oxygen atoms in total. The second-order valence-electron chi connectivity index (χ2n) is 7.65. The van der Waals surface area contributed by atoms with E-state index in [-0.39, 0.29) is 29.2 Å². The van der Waals surface area contributed by atoms with E-state index in [0.717, 1.165) is 50.8 Å². The molecule has 0 radical (unpaired) electrons. The van der Waals surface area contributed by atoms with Gasteiger partial charge in [0.1, 0.15) is 0 Å². The van der Waals surface area contributed by atoms with Gasteiger partial charge in [0.25, 0.3) is 0 Å². The Hall–Kier alpha value is -1.88. The van der Waals surface area contributed by atoms with E-state index in [0.29, 0.717) is 13.2 Å². The fourth-order valence-electron chi connectivity index (χ4n) is 4.52. The molecule has 5 heteroatoms. The molecule has 0 bridgehead atoms. The maximum Gasteiger partial charge on any atom is 0.228 e. The summed E-state index contributed by atoms with van der Waals surface area (Å²) in [6, 6.07) is 10.0. The van der Waals surface area contributed by atoms with E-state index in [9.17, 15) is 9.59 Å². The summed E-state index contributed by atoms with van der Waals surface area (Å²) in [5, 5.41) is 3.26. The van der Waals surface area contributed by atoms with Crippen LogP contribution in [0, 0.1) is 5.92 Å². The maximum atomic E-state index is 12.7.